The van der Waals surface area contributed by atoms with Gasteiger partial charge in [0.15, 0.2) is 0 Å². The molecule has 0 bridgehead atoms. The lowest BCUT2D eigenvalue weighted by Crippen LogP contribution is -2.33. The highest BCUT2D eigenvalue weighted by atomic mass is 35.5. The van der Waals surface area contributed by atoms with Crippen LogP contribution in [0.1, 0.15) is 42.3 Å². The highest BCUT2D eigenvalue weighted by Crippen LogP contribution is 2.48. The van der Waals surface area contributed by atoms with E-state index in [1.807, 2.05) is 55.5 Å². The summed E-state index contributed by atoms with van der Waals surface area (Å²) in [6, 6.07) is 24.3. The molecule has 5 rings (SSSR count). The molecular formula is C24H21ClN2O2. The average Bonchev–Trinajstić information content (AvgIpc) is 3.20. The molecule has 146 valence electrons. The maximum Gasteiger partial charge on any atom is 0.213 e. The Morgan fingerprint density at radius 3 is 2.62 bits per heavy atom. The van der Waals surface area contributed by atoms with Crippen LogP contribution in [0.5, 0.6) is 11.5 Å². The van der Waals surface area contributed by atoms with Gasteiger partial charge in [-0.3, -0.25) is 0 Å². The van der Waals surface area contributed by atoms with Gasteiger partial charge in [0, 0.05) is 22.6 Å². The Morgan fingerprint density at radius 2 is 1.86 bits per heavy atom. The lowest BCUT2D eigenvalue weighted by Gasteiger charge is -2.38. The van der Waals surface area contributed by atoms with E-state index in [9.17, 15) is 0 Å². The monoisotopic (exact) mass is 404 g/mol. The molecule has 0 fully saturated rings. The summed E-state index contributed by atoms with van der Waals surface area (Å²) < 4.78 is 11.9. The van der Waals surface area contributed by atoms with Crippen LogP contribution in [0.25, 0.3) is 0 Å². The number of hydrazone groups is 1. The molecule has 0 spiro atoms. The molecule has 0 aliphatic carbocycles. The molecule has 3 aromatic rings. The van der Waals surface area contributed by atoms with Crippen LogP contribution in [0.15, 0.2) is 77.9 Å². The molecular weight excluding hydrogens is 384 g/mol. The molecule has 0 N–H and O–H groups in total. The molecule has 0 amide bonds. The fourth-order valence-electron chi connectivity index (χ4n) is 3.98. The number of benzene rings is 3. The second-order valence-corrected chi connectivity index (χ2v) is 7.60. The predicted octanol–water partition coefficient (Wildman–Crippen LogP) is 5.98. The summed E-state index contributed by atoms with van der Waals surface area (Å²) >= 11 is 6.30. The minimum absolute atomic E-state index is 0.0872. The quantitative estimate of drug-likeness (QED) is 0.536. The summed E-state index contributed by atoms with van der Waals surface area (Å²) in [6.45, 7) is 2.64. The van der Waals surface area contributed by atoms with Crippen molar-refractivity contribution in [3.8, 4) is 11.5 Å². The van der Waals surface area contributed by atoms with E-state index in [0.29, 0.717) is 11.6 Å². The Kier molecular flexibility index (Phi) is 4.64. The summed E-state index contributed by atoms with van der Waals surface area (Å²) in [5, 5.41) is 7.76. The van der Waals surface area contributed by atoms with Gasteiger partial charge >= 0.3 is 0 Å². The van der Waals surface area contributed by atoms with Crippen molar-refractivity contribution in [3.05, 3.63) is 94.5 Å². The first-order valence-corrected chi connectivity index (χ1v) is 10.2. The number of fused-ring (bicyclic) bond motifs is 3. The molecule has 2 unspecified atom stereocenters. The van der Waals surface area contributed by atoms with E-state index >= 15 is 0 Å². The second-order valence-electron chi connectivity index (χ2n) is 7.17. The minimum Gasteiger partial charge on any atom is -0.494 e. The van der Waals surface area contributed by atoms with Crippen LogP contribution < -0.4 is 9.47 Å². The Hall–Kier alpha value is -2.98. The maximum absolute atomic E-state index is 6.36. The first-order valence-electron chi connectivity index (χ1n) is 9.83. The number of hydrogen-bond donors (Lipinski definition) is 0. The number of hydrogen-bond acceptors (Lipinski definition) is 4. The van der Waals surface area contributed by atoms with E-state index in [1.165, 1.54) is 0 Å². The number of halogens is 1. The van der Waals surface area contributed by atoms with Crippen molar-refractivity contribution in [3.63, 3.8) is 0 Å². The van der Waals surface area contributed by atoms with Crippen molar-refractivity contribution >= 4 is 17.3 Å². The summed E-state index contributed by atoms with van der Waals surface area (Å²) in [7, 11) is 0. The van der Waals surface area contributed by atoms with Crippen molar-refractivity contribution in [1.82, 2.24) is 5.01 Å². The Labute approximate surface area is 175 Å². The summed E-state index contributed by atoms with van der Waals surface area (Å²) in [6.07, 6.45) is 0.531. The SMILES string of the molecule is CCOc1ccc(C2=NN3C(C2)c2cc(Cl)ccc2OC3c2ccccc2)cc1. The Balaban J connectivity index is 1.54. The molecule has 0 saturated carbocycles. The predicted molar refractivity (Wildman–Crippen MR) is 115 cm³/mol. The van der Waals surface area contributed by atoms with Crippen LogP contribution in [0, 0.1) is 0 Å². The molecule has 0 saturated heterocycles. The third-order valence-corrected chi connectivity index (χ3v) is 5.57. The van der Waals surface area contributed by atoms with Gasteiger partial charge in [0.05, 0.1) is 18.4 Å². The fourth-order valence-corrected chi connectivity index (χ4v) is 4.16. The zero-order valence-electron chi connectivity index (χ0n) is 16.1. The molecule has 2 aliphatic heterocycles. The van der Waals surface area contributed by atoms with E-state index in [1.54, 1.807) is 0 Å². The van der Waals surface area contributed by atoms with Crippen molar-refractivity contribution in [2.45, 2.75) is 25.6 Å². The van der Waals surface area contributed by atoms with E-state index < -0.39 is 0 Å². The summed E-state index contributed by atoms with van der Waals surface area (Å²) in [5.41, 5.74) is 4.29. The van der Waals surface area contributed by atoms with Crippen LogP contribution in [0.4, 0.5) is 0 Å². The van der Waals surface area contributed by atoms with Crippen LogP contribution in [-0.4, -0.2) is 17.3 Å². The molecule has 2 atom stereocenters. The molecule has 2 aliphatic rings. The largest absolute Gasteiger partial charge is 0.494 e. The van der Waals surface area contributed by atoms with Crippen LogP contribution in [0.2, 0.25) is 5.02 Å². The van der Waals surface area contributed by atoms with E-state index in [2.05, 4.69) is 29.3 Å². The normalized spacial score (nSPS) is 19.8. The standard InChI is InChI=1S/C24H21ClN2O2/c1-2-28-19-11-8-16(9-12-19)21-15-22-20-14-18(25)10-13-23(20)29-24(27(22)26-21)17-6-4-3-5-7-17/h3-14,22,24H,2,15H2,1H3. The lowest BCUT2D eigenvalue weighted by molar-refractivity contribution is -0.0190. The average molecular weight is 405 g/mol. The maximum atomic E-state index is 6.36. The molecule has 3 aromatic carbocycles. The minimum atomic E-state index is -0.268. The number of nitrogens with zero attached hydrogens (tertiary/aromatic N) is 2. The van der Waals surface area contributed by atoms with Crippen molar-refractivity contribution < 1.29 is 9.47 Å². The molecule has 0 radical (unpaired) electrons. The second kappa shape index (κ2) is 7.45. The highest BCUT2D eigenvalue weighted by molar-refractivity contribution is 6.30. The Morgan fingerprint density at radius 1 is 1.07 bits per heavy atom. The van der Waals surface area contributed by atoms with Gasteiger partial charge in [-0.15, -0.1) is 0 Å². The van der Waals surface area contributed by atoms with Gasteiger partial charge in [-0.1, -0.05) is 41.9 Å². The van der Waals surface area contributed by atoms with Crippen LogP contribution >= 0.6 is 11.6 Å². The van der Waals surface area contributed by atoms with Gasteiger partial charge in [-0.25, -0.2) is 5.01 Å². The Bertz CT molecular complexity index is 1050. The lowest BCUT2D eigenvalue weighted by atomic mass is 9.96. The third kappa shape index (κ3) is 3.34. The van der Waals surface area contributed by atoms with Gasteiger partial charge in [0.1, 0.15) is 11.5 Å². The van der Waals surface area contributed by atoms with E-state index in [-0.39, 0.29) is 12.3 Å². The molecule has 4 nitrogen and oxygen atoms in total. The zero-order chi connectivity index (χ0) is 19.8. The fraction of sp³-hybridized carbons (Fsp3) is 0.208. The highest BCUT2D eigenvalue weighted by Gasteiger charge is 2.41. The van der Waals surface area contributed by atoms with Crippen molar-refractivity contribution in [1.29, 1.82) is 0 Å². The topological polar surface area (TPSA) is 34.1 Å². The molecule has 29 heavy (non-hydrogen) atoms. The van der Waals surface area contributed by atoms with E-state index in [4.69, 9.17) is 26.2 Å². The van der Waals surface area contributed by atoms with Gasteiger partial charge in [-0.05, 0) is 55.0 Å². The van der Waals surface area contributed by atoms with Gasteiger partial charge in [0.25, 0.3) is 0 Å². The smallest absolute Gasteiger partial charge is 0.213 e. The first kappa shape index (κ1) is 18.1. The number of ether oxygens (including phenoxy) is 2. The van der Waals surface area contributed by atoms with E-state index in [0.717, 1.165) is 40.3 Å². The third-order valence-electron chi connectivity index (χ3n) is 5.34. The molecule has 2 heterocycles. The van der Waals surface area contributed by atoms with Gasteiger partial charge < -0.3 is 9.47 Å². The van der Waals surface area contributed by atoms with Crippen LogP contribution in [0.3, 0.4) is 0 Å². The summed E-state index contributed by atoms with van der Waals surface area (Å²) in [5.74, 6) is 1.74. The van der Waals surface area contributed by atoms with Gasteiger partial charge in [-0.2, -0.15) is 5.10 Å². The van der Waals surface area contributed by atoms with Crippen LogP contribution in [-0.2, 0) is 0 Å². The summed E-state index contributed by atoms with van der Waals surface area (Å²) in [4.78, 5) is 0. The van der Waals surface area contributed by atoms with Crippen molar-refractivity contribution in [2.24, 2.45) is 5.10 Å². The molecule has 0 aromatic heterocycles. The first-order chi connectivity index (χ1) is 14.2. The molecule has 5 heteroatoms. The number of rotatable bonds is 4. The van der Waals surface area contributed by atoms with Crippen molar-refractivity contribution in [2.75, 3.05) is 6.61 Å². The zero-order valence-corrected chi connectivity index (χ0v) is 16.8. The van der Waals surface area contributed by atoms with Gasteiger partial charge in [0.2, 0.25) is 6.23 Å².